The van der Waals surface area contributed by atoms with E-state index in [0.717, 1.165) is 10.0 Å². The highest BCUT2D eigenvalue weighted by atomic mass is 79.9. The Morgan fingerprint density at radius 3 is 1.94 bits per heavy atom. The molecule has 1 aromatic carbocycles. The number of carbonyl (C=O) groups is 3. The van der Waals surface area contributed by atoms with Crippen molar-refractivity contribution < 1.29 is 19.5 Å². The molecule has 0 heterocycles. The topological polar surface area (TPSA) is 98.7 Å². The molecule has 0 spiro atoms. The fraction of sp³-hybridized carbons (Fsp3) is 0.593. The van der Waals surface area contributed by atoms with Crippen LogP contribution in [0.25, 0.3) is 0 Å². The third-order valence-corrected chi connectivity index (χ3v) is 7.03. The molecule has 8 heteroatoms. The van der Waals surface area contributed by atoms with Crippen LogP contribution in [-0.2, 0) is 19.8 Å². The van der Waals surface area contributed by atoms with Crippen molar-refractivity contribution in [1.82, 2.24) is 15.5 Å². The standard InChI is InChI=1S/C27H42BrN3O4/c1-16(2)20(15-17(3)25(34)35)31(10)24(33)22(26(4,5)6)30-23(32)21(29-9)27(7,8)18-11-13-19(28)14-12-18/h11-16,20-22,29H,1-10H3,(H,30,32)(H,34,35)/t20-,21?,22-/m1/s1. The average Bonchev–Trinajstić information content (AvgIpc) is 2.74. The predicted molar refractivity (Wildman–Crippen MR) is 144 cm³/mol. The number of carbonyl (C=O) groups excluding carboxylic acids is 2. The van der Waals surface area contributed by atoms with Gasteiger partial charge in [0.2, 0.25) is 11.8 Å². The maximum Gasteiger partial charge on any atom is 0.331 e. The first-order valence-electron chi connectivity index (χ1n) is 11.9. The summed E-state index contributed by atoms with van der Waals surface area (Å²) >= 11 is 3.45. The number of rotatable bonds is 10. The second-order valence-electron chi connectivity index (χ2n) is 11.1. The fourth-order valence-corrected chi connectivity index (χ4v) is 4.43. The van der Waals surface area contributed by atoms with Gasteiger partial charge in [0.1, 0.15) is 6.04 Å². The average molecular weight is 553 g/mol. The Balaban J connectivity index is 3.30. The minimum Gasteiger partial charge on any atom is -0.478 e. The quantitative estimate of drug-likeness (QED) is 0.375. The smallest absolute Gasteiger partial charge is 0.331 e. The van der Waals surface area contributed by atoms with Crippen molar-refractivity contribution in [3.63, 3.8) is 0 Å². The number of hydrogen-bond acceptors (Lipinski definition) is 4. The Bertz CT molecular complexity index is 933. The van der Waals surface area contributed by atoms with Crippen LogP contribution in [-0.4, -0.2) is 60.0 Å². The van der Waals surface area contributed by atoms with Gasteiger partial charge >= 0.3 is 5.97 Å². The summed E-state index contributed by atoms with van der Waals surface area (Å²) < 4.78 is 0.954. The maximum absolute atomic E-state index is 13.7. The molecule has 0 saturated carbocycles. The van der Waals surface area contributed by atoms with Crippen molar-refractivity contribution in [2.24, 2.45) is 11.3 Å². The number of hydrogen-bond donors (Lipinski definition) is 3. The van der Waals surface area contributed by atoms with Crippen molar-refractivity contribution in [1.29, 1.82) is 0 Å². The molecule has 7 nitrogen and oxygen atoms in total. The van der Waals surface area contributed by atoms with Gasteiger partial charge < -0.3 is 20.6 Å². The number of aliphatic carboxylic acids is 1. The van der Waals surface area contributed by atoms with Crippen molar-refractivity contribution in [2.45, 2.75) is 78.9 Å². The van der Waals surface area contributed by atoms with E-state index >= 15 is 0 Å². The van der Waals surface area contributed by atoms with Crippen molar-refractivity contribution in [2.75, 3.05) is 14.1 Å². The molecule has 0 aliphatic carbocycles. The van der Waals surface area contributed by atoms with Gasteiger partial charge in [-0.25, -0.2) is 4.79 Å². The van der Waals surface area contributed by atoms with Crippen LogP contribution >= 0.6 is 15.9 Å². The second kappa shape index (κ2) is 12.2. The summed E-state index contributed by atoms with van der Waals surface area (Å²) in [5.41, 5.74) is 0.0265. The molecule has 2 amide bonds. The Morgan fingerprint density at radius 2 is 1.54 bits per heavy atom. The largest absolute Gasteiger partial charge is 0.478 e. The molecule has 0 aliphatic heterocycles. The highest BCUT2D eigenvalue weighted by Crippen LogP contribution is 2.30. The summed E-state index contributed by atoms with van der Waals surface area (Å²) in [7, 11) is 3.39. The van der Waals surface area contributed by atoms with Crippen LogP contribution in [0.5, 0.6) is 0 Å². The zero-order valence-corrected chi connectivity index (χ0v) is 24.3. The molecule has 0 bridgehead atoms. The molecule has 0 aliphatic rings. The van der Waals surface area contributed by atoms with Crippen molar-refractivity contribution in [3.8, 4) is 0 Å². The van der Waals surface area contributed by atoms with E-state index in [4.69, 9.17) is 0 Å². The van der Waals surface area contributed by atoms with Gasteiger partial charge in [0, 0.05) is 22.5 Å². The Morgan fingerprint density at radius 1 is 1.03 bits per heavy atom. The summed E-state index contributed by atoms with van der Waals surface area (Å²) in [5, 5.41) is 15.5. The Kier molecular flexibility index (Phi) is 10.7. The van der Waals surface area contributed by atoms with Crippen LogP contribution in [0.3, 0.4) is 0 Å². The fourth-order valence-electron chi connectivity index (χ4n) is 4.17. The molecule has 0 aromatic heterocycles. The number of carboxylic acids is 1. The maximum atomic E-state index is 13.7. The molecule has 0 fully saturated rings. The molecule has 0 saturated heterocycles. The molecule has 3 atom stereocenters. The molecule has 35 heavy (non-hydrogen) atoms. The van der Waals surface area contributed by atoms with E-state index in [1.807, 2.05) is 72.7 Å². The minimum atomic E-state index is -1.02. The Hall–Kier alpha value is -2.19. The van der Waals surface area contributed by atoms with E-state index in [2.05, 4.69) is 26.6 Å². The summed E-state index contributed by atoms with van der Waals surface area (Å²) in [6.45, 7) is 15.1. The number of halogens is 1. The van der Waals surface area contributed by atoms with E-state index < -0.39 is 34.9 Å². The lowest BCUT2D eigenvalue weighted by Gasteiger charge is -2.40. The minimum absolute atomic E-state index is 0.0176. The number of carboxylic acid groups (broad SMARTS) is 1. The molecule has 3 N–H and O–H groups in total. The van der Waals surface area contributed by atoms with Gasteiger partial charge in [0.15, 0.2) is 0 Å². The Labute approximate surface area is 218 Å². The van der Waals surface area contributed by atoms with Crippen LogP contribution in [0.15, 0.2) is 40.4 Å². The van der Waals surface area contributed by atoms with E-state index in [0.29, 0.717) is 0 Å². The van der Waals surface area contributed by atoms with Gasteiger partial charge in [-0.2, -0.15) is 0 Å². The molecule has 196 valence electrons. The molecule has 0 radical (unpaired) electrons. The molecular weight excluding hydrogens is 510 g/mol. The van der Waals surface area contributed by atoms with Gasteiger partial charge in [-0.15, -0.1) is 0 Å². The molecule has 1 unspecified atom stereocenters. The highest BCUT2D eigenvalue weighted by molar-refractivity contribution is 9.10. The first kappa shape index (κ1) is 30.8. The molecular formula is C27H42BrN3O4. The van der Waals surface area contributed by atoms with Gasteiger partial charge in [0.25, 0.3) is 0 Å². The van der Waals surface area contributed by atoms with Crippen LogP contribution in [0.1, 0.15) is 61.0 Å². The zero-order chi connectivity index (χ0) is 27.3. The summed E-state index contributed by atoms with van der Waals surface area (Å²) in [6, 6.07) is 6.00. The first-order chi connectivity index (χ1) is 15.9. The molecule has 1 rings (SSSR count). The number of likely N-dealkylation sites (N-methyl/N-ethyl adjacent to an activating group) is 2. The number of benzene rings is 1. The van der Waals surface area contributed by atoms with Crippen LogP contribution in [0, 0.1) is 11.3 Å². The second-order valence-corrected chi connectivity index (χ2v) is 12.0. The van der Waals surface area contributed by atoms with E-state index in [-0.39, 0.29) is 23.3 Å². The summed E-state index contributed by atoms with van der Waals surface area (Å²) in [4.78, 5) is 40.2. The number of nitrogens with one attached hydrogen (secondary N) is 2. The van der Waals surface area contributed by atoms with E-state index in [9.17, 15) is 19.5 Å². The summed E-state index contributed by atoms with van der Waals surface area (Å²) in [5.74, 6) is -1.59. The third kappa shape index (κ3) is 7.90. The van der Waals surface area contributed by atoms with Gasteiger partial charge in [-0.1, -0.05) is 82.6 Å². The van der Waals surface area contributed by atoms with Crippen molar-refractivity contribution >= 4 is 33.7 Å². The highest BCUT2D eigenvalue weighted by Gasteiger charge is 2.41. The lowest BCUT2D eigenvalue weighted by molar-refractivity contribution is -0.141. The third-order valence-electron chi connectivity index (χ3n) is 6.50. The lowest BCUT2D eigenvalue weighted by Crippen LogP contribution is -2.61. The van der Waals surface area contributed by atoms with Crippen LogP contribution in [0.4, 0.5) is 0 Å². The van der Waals surface area contributed by atoms with E-state index in [1.54, 1.807) is 25.1 Å². The van der Waals surface area contributed by atoms with Crippen LogP contribution < -0.4 is 10.6 Å². The number of nitrogens with zero attached hydrogens (tertiary/aromatic N) is 1. The van der Waals surface area contributed by atoms with Gasteiger partial charge in [0.05, 0.1) is 12.1 Å². The zero-order valence-electron chi connectivity index (χ0n) is 22.7. The number of amides is 2. The summed E-state index contributed by atoms with van der Waals surface area (Å²) in [6.07, 6.45) is 1.60. The normalized spacial score (nSPS) is 15.4. The SMILES string of the molecule is CNC(C(=O)N[C@H](C(=O)N(C)[C@H](C=C(C)C(=O)O)C(C)C)C(C)(C)C)C(C)(C)c1ccc(Br)cc1. The monoisotopic (exact) mass is 551 g/mol. The first-order valence-corrected chi connectivity index (χ1v) is 12.7. The van der Waals surface area contributed by atoms with Gasteiger partial charge in [-0.05, 0) is 43.0 Å². The van der Waals surface area contributed by atoms with Crippen molar-refractivity contribution in [3.05, 3.63) is 46.0 Å². The van der Waals surface area contributed by atoms with Gasteiger partial charge in [-0.3, -0.25) is 9.59 Å². The van der Waals surface area contributed by atoms with E-state index in [1.165, 1.54) is 6.92 Å². The predicted octanol–water partition coefficient (Wildman–Crippen LogP) is 4.36. The molecule has 1 aromatic rings. The van der Waals surface area contributed by atoms with Crippen LogP contribution in [0.2, 0.25) is 0 Å². The lowest BCUT2D eigenvalue weighted by atomic mass is 9.76.